The van der Waals surface area contributed by atoms with E-state index < -0.39 is 0 Å². The zero-order valence-corrected chi connectivity index (χ0v) is 20.1. The molecule has 0 unspecified atom stereocenters. The van der Waals surface area contributed by atoms with E-state index in [0.717, 1.165) is 54.5 Å². The highest BCUT2D eigenvalue weighted by molar-refractivity contribution is 6.31. The topological polar surface area (TPSA) is 37.7 Å². The molecule has 0 bridgehead atoms. The van der Waals surface area contributed by atoms with E-state index in [1.54, 1.807) is 0 Å². The molecular formula is C25H27Cl2N3O2. The van der Waals surface area contributed by atoms with Crippen molar-refractivity contribution in [1.29, 1.82) is 0 Å². The number of ether oxygens (including phenoxy) is 1. The second-order valence-electron chi connectivity index (χ2n) is 7.99. The Balaban J connectivity index is 2.02. The van der Waals surface area contributed by atoms with Gasteiger partial charge < -0.3 is 19.1 Å². The van der Waals surface area contributed by atoms with Crippen LogP contribution in [0.4, 0.5) is 5.69 Å². The molecule has 0 amide bonds. The molecule has 1 saturated heterocycles. The van der Waals surface area contributed by atoms with Gasteiger partial charge in [-0.1, -0.05) is 35.3 Å². The molecule has 0 spiro atoms. The Morgan fingerprint density at radius 1 is 0.938 bits per heavy atom. The molecule has 1 aliphatic rings. The van der Waals surface area contributed by atoms with E-state index >= 15 is 0 Å². The number of halogens is 2. The SMILES string of the molecule is CCOC(=O)c1c(N2CCN(C)CC2)c(-c2ccc(Cl)cc2)n(-c2ccc(Cl)cc2)c1C. The third-order valence-corrected chi connectivity index (χ3v) is 6.39. The van der Waals surface area contributed by atoms with Crippen molar-refractivity contribution in [3.63, 3.8) is 0 Å². The summed E-state index contributed by atoms with van der Waals surface area (Å²) in [7, 11) is 2.12. The Labute approximate surface area is 199 Å². The molecule has 1 aromatic heterocycles. The molecule has 0 atom stereocenters. The summed E-state index contributed by atoms with van der Waals surface area (Å²) in [6, 6.07) is 15.4. The zero-order valence-electron chi connectivity index (χ0n) is 18.6. The first-order chi connectivity index (χ1) is 15.4. The van der Waals surface area contributed by atoms with E-state index in [1.165, 1.54) is 0 Å². The maximum Gasteiger partial charge on any atom is 0.342 e. The fraction of sp³-hybridized carbons (Fsp3) is 0.320. The summed E-state index contributed by atoms with van der Waals surface area (Å²) in [4.78, 5) is 17.8. The van der Waals surface area contributed by atoms with Gasteiger partial charge in [-0.25, -0.2) is 4.79 Å². The number of nitrogens with zero attached hydrogens (tertiary/aromatic N) is 3. The van der Waals surface area contributed by atoms with Crippen molar-refractivity contribution in [1.82, 2.24) is 9.47 Å². The van der Waals surface area contributed by atoms with E-state index in [2.05, 4.69) is 21.4 Å². The smallest absolute Gasteiger partial charge is 0.342 e. The van der Waals surface area contributed by atoms with Gasteiger partial charge in [0.1, 0.15) is 5.56 Å². The average Bonchev–Trinajstić information content (AvgIpc) is 3.08. The number of aromatic nitrogens is 1. The molecule has 2 heterocycles. The Kier molecular flexibility index (Phi) is 6.79. The fourth-order valence-electron chi connectivity index (χ4n) is 4.25. The maximum absolute atomic E-state index is 13.2. The number of hydrogen-bond acceptors (Lipinski definition) is 4. The van der Waals surface area contributed by atoms with Crippen LogP contribution in [-0.2, 0) is 4.74 Å². The van der Waals surface area contributed by atoms with Gasteiger partial charge in [-0.05, 0) is 57.3 Å². The van der Waals surface area contributed by atoms with Crippen molar-refractivity contribution in [2.45, 2.75) is 13.8 Å². The van der Waals surface area contributed by atoms with Crippen LogP contribution in [0.5, 0.6) is 0 Å². The van der Waals surface area contributed by atoms with Crippen LogP contribution in [-0.4, -0.2) is 55.3 Å². The van der Waals surface area contributed by atoms with Crippen molar-refractivity contribution in [3.8, 4) is 16.9 Å². The predicted octanol–water partition coefficient (Wildman–Crippen LogP) is 5.69. The Morgan fingerprint density at radius 2 is 1.50 bits per heavy atom. The highest BCUT2D eigenvalue weighted by Crippen LogP contribution is 2.42. The van der Waals surface area contributed by atoms with Crippen molar-refractivity contribution >= 4 is 34.9 Å². The van der Waals surface area contributed by atoms with Gasteiger partial charge in [-0.3, -0.25) is 0 Å². The van der Waals surface area contributed by atoms with E-state index in [9.17, 15) is 4.79 Å². The van der Waals surface area contributed by atoms with Gasteiger partial charge in [0.05, 0.1) is 18.0 Å². The summed E-state index contributed by atoms with van der Waals surface area (Å²) in [5.41, 5.74) is 5.22. The van der Waals surface area contributed by atoms with Crippen molar-refractivity contribution in [2.75, 3.05) is 44.7 Å². The number of esters is 1. The Morgan fingerprint density at radius 3 is 2.06 bits per heavy atom. The third-order valence-electron chi connectivity index (χ3n) is 5.88. The molecule has 1 fully saturated rings. The van der Waals surface area contributed by atoms with Gasteiger partial charge in [0.2, 0.25) is 0 Å². The van der Waals surface area contributed by atoms with E-state index in [4.69, 9.17) is 27.9 Å². The first kappa shape index (κ1) is 22.7. The van der Waals surface area contributed by atoms with Gasteiger partial charge in [0, 0.05) is 53.2 Å². The van der Waals surface area contributed by atoms with Gasteiger partial charge >= 0.3 is 5.97 Å². The molecule has 2 aromatic carbocycles. The lowest BCUT2D eigenvalue weighted by Crippen LogP contribution is -2.45. The zero-order chi connectivity index (χ0) is 22.8. The summed E-state index contributed by atoms with van der Waals surface area (Å²) >= 11 is 12.4. The summed E-state index contributed by atoms with van der Waals surface area (Å²) < 4.78 is 7.63. The molecule has 4 rings (SSSR count). The minimum absolute atomic E-state index is 0.304. The lowest BCUT2D eigenvalue weighted by Gasteiger charge is -2.35. The number of anilines is 1. The summed E-state index contributed by atoms with van der Waals surface area (Å²) in [6.07, 6.45) is 0. The minimum Gasteiger partial charge on any atom is -0.462 e. The fourth-order valence-corrected chi connectivity index (χ4v) is 4.50. The molecular weight excluding hydrogens is 445 g/mol. The third kappa shape index (κ3) is 4.38. The normalized spacial score (nSPS) is 14.6. The molecule has 32 heavy (non-hydrogen) atoms. The van der Waals surface area contributed by atoms with Crippen LogP contribution in [0.15, 0.2) is 48.5 Å². The highest BCUT2D eigenvalue weighted by Gasteiger charge is 2.32. The number of likely N-dealkylation sites (N-methyl/N-ethyl adjacent to an activating group) is 1. The van der Waals surface area contributed by atoms with Crippen LogP contribution < -0.4 is 4.90 Å². The number of benzene rings is 2. The molecule has 0 saturated carbocycles. The summed E-state index contributed by atoms with van der Waals surface area (Å²) in [5.74, 6) is -0.304. The van der Waals surface area contributed by atoms with Crippen molar-refractivity contribution in [2.24, 2.45) is 0 Å². The first-order valence-electron chi connectivity index (χ1n) is 10.8. The van der Waals surface area contributed by atoms with Crippen LogP contribution >= 0.6 is 23.2 Å². The minimum atomic E-state index is -0.304. The van der Waals surface area contributed by atoms with Crippen molar-refractivity contribution in [3.05, 3.63) is 69.8 Å². The standard InChI is InChI=1S/C25H27Cl2N3O2/c1-4-32-25(31)22-17(2)30(21-11-9-20(27)10-12-21)23(18-5-7-19(26)8-6-18)24(22)29-15-13-28(3)14-16-29/h5-12H,4,13-16H2,1-3H3. The Bertz CT molecular complexity index is 1100. The van der Waals surface area contributed by atoms with Crippen LogP contribution in [0.1, 0.15) is 23.0 Å². The van der Waals surface area contributed by atoms with Gasteiger partial charge in [0.15, 0.2) is 0 Å². The van der Waals surface area contributed by atoms with Gasteiger partial charge in [-0.15, -0.1) is 0 Å². The number of carbonyl (C=O) groups is 1. The first-order valence-corrected chi connectivity index (χ1v) is 11.5. The quantitative estimate of drug-likeness (QED) is 0.448. The lowest BCUT2D eigenvalue weighted by atomic mass is 10.1. The molecule has 0 N–H and O–H groups in total. The maximum atomic E-state index is 13.2. The Hall–Kier alpha value is -2.47. The van der Waals surface area contributed by atoms with Crippen LogP contribution in [0.3, 0.4) is 0 Å². The molecule has 0 aliphatic carbocycles. The second-order valence-corrected chi connectivity index (χ2v) is 8.86. The molecule has 1 aliphatic heterocycles. The molecule has 7 heteroatoms. The number of hydrogen-bond donors (Lipinski definition) is 0. The summed E-state index contributed by atoms with van der Waals surface area (Å²) in [6.45, 7) is 7.63. The van der Waals surface area contributed by atoms with Gasteiger partial charge in [-0.2, -0.15) is 0 Å². The second kappa shape index (κ2) is 9.57. The largest absolute Gasteiger partial charge is 0.462 e. The predicted molar refractivity (Wildman–Crippen MR) is 132 cm³/mol. The lowest BCUT2D eigenvalue weighted by molar-refractivity contribution is 0.0526. The average molecular weight is 472 g/mol. The monoisotopic (exact) mass is 471 g/mol. The number of rotatable bonds is 5. The van der Waals surface area contributed by atoms with E-state index in [-0.39, 0.29) is 5.97 Å². The van der Waals surface area contributed by atoms with E-state index in [0.29, 0.717) is 22.2 Å². The van der Waals surface area contributed by atoms with Crippen LogP contribution in [0.25, 0.3) is 16.9 Å². The van der Waals surface area contributed by atoms with Crippen LogP contribution in [0.2, 0.25) is 10.0 Å². The highest BCUT2D eigenvalue weighted by atomic mass is 35.5. The summed E-state index contributed by atoms with van der Waals surface area (Å²) in [5, 5.41) is 1.33. The number of piperazine rings is 1. The van der Waals surface area contributed by atoms with Crippen LogP contribution in [0, 0.1) is 6.92 Å². The molecule has 168 valence electrons. The van der Waals surface area contributed by atoms with Gasteiger partial charge in [0.25, 0.3) is 0 Å². The van der Waals surface area contributed by atoms with E-state index in [1.807, 2.05) is 62.4 Å². The molecule has 0 radical (unpaired) electrons. The number of carbonyl (C=O) groups excluding carboxylic acids is 1. The molecule has 5 nitrogen and oxygen atoms in total. The van der Waals surface area contributed by atoms with Crippen molar-refractivity contribution < 1.29 is 9.53 Å². The molecule has 3 aromatic rings.